The number of amides is 1. The SMILES string of the molecule is CS(=O)(=O)Nc1ccc(NC(=O)Cc2ccc(Cl)c(Cl)c2)c(C(F)(F)F)c1. The summed E-state index contributed by atoms with van der Waals surface area (Å²) in [4.78, 5) is 12.1. The van der Waals surface area contributed by atoms with Crippen LogP contribution < -0.4 is 10.0 Å². The largest absolute Gasteiger partial charge is 0.418 e. The average molecular weight is 441 g/mol. The van der Waals surface area contributed by atoms with Gasteiger partial charge in [0, 0.05) is 5.69 Å². The number of carbonyl (C=O) groups is 1. The predicted octanol–water partition coefficient (Wildman–Crippen LogP) is 4.56. The Labute approximate surface area is 163 Å². The lowest BCUT2D eigenvalue weighted by molar-refractivity contribution is -0.136. The van der Waals surface area contributed by atoms with Crippen LogP contribution >= 0.6 is 23.2 Å². The molecule has 2 aromatic rings. The van der Waals surface area contributed by atoms with Crippen molar-refractivity contribution in [2.75, 3.05) is 16.3 Å². The van der Waals surface area contributed by atoms with E-state index in [1.807, 2.05) is 4.72 Å². The number of hydrogen-bond acceptors (Lipinski definition) is 3. The van der Waals surface area contributed by atoms with Gasteiger partial charge in [-0.15, -0.1) is 0 Å². The number of benzene rings is 2. The first-order valence-electron chi connectivity index (χ1n) is 7.28. The number of halogens is 5. The first kappa shape index (κ1) is 21.3. The molecule has 0 heterocycles. The molecule has 2 N–H and O–H groups in total. The van der Waals surface area contributed by atoms with Crippen LogP contribution in [0.4, 0.5) is 24.5 Å². The van der Waals surface area contributed by atoms with E-state index >= 15 is 0 Å². The maximum atomic E-state index is 13.3. The van der Waals surface area contributed by atoms with E-state index in [0.717, 1.165) is 18.4 Å². The number of anilines is 2. The first-order chi connectivity index (χ1) is 12.3. The smallest absolute Gasteiger partial charge is 0.325 e. The van der Waals surface area contributed by atoms with Gasteiger partial charge in [0.2, 0.25) is 15.9 Å². The van der Waals surface area contributed by atoms with Crippen molar-refractivity contribution >= 4 is 50.5 Å². The Hall–Kier alpha value is -1.97. The summed E-state index contributed by atoms with van der Waals surface area (Å²) in [5.74, 6) is -0.706. The molecule has 0 aliphatic heterocycles. The number of carbonyl (C=O) groups excluding carboxylic acids is 1. The quantitative estimate of drug-likeness (QED) is 0.714. The van der Waals surface area contributed by atoms with Gasteiger partial charge in [-0.2, -0.15) is 13.2 Å². The Morgan fingerprint density at radius 1 is 1.07 bits per heavy atom. The van der Waals surface area contributed by atoms with Gasteiger partial charge in [0.05, 0.1) is 34.0 Å². The van der Waals surface area contributed by atoms with Gasteiger partial charge in [-0.25, -0.2) is 8.42 Å². The van der Waals surface area contributed by atoms with Crippen LogP contribution in [-0.2, 0) is 27.4 Å². The molecule has 0 spiro atoms. The van der Waals surface area contributed by atoms with Crippen LogP contribution in [0.1, 0.15) is 11.1 Å². The number of alkyl halides is 3. The molecule has 1 amide bonds. The normalized spacial score (nSPS) is 11.9. The van der Waals surface area contributed by atoms with Crippen LogP contribution in [0.25, 0.3) is 0 Å². The third-order valence-electron chi connectivity index (χ3n) is 3.25. The lowest BCUT2D eigenvalue weighted by Gasteiger charge is -2.16. The topological polar surface area (TPSA) is 75.3 Å². The van der Waals surface area contributed by atoms with Gasteiger partial charge in [-0.05, 0) is 35.9 Å². The molecule has 11 heteroatoms. The number of nitrogens with one attached hydrogen (secondary N) is 2. The zero-order valence-electron chi connectivity index (χ0n) is 13.7. The van der Waals surface area contributed by atoms with Crippen molar-refractivity contribution in [3.05, 3.63) is 57.6 Å². The van der Waals surface area contributed by atoms with Crippen molar-refractivity contribution in [3.63, 3.8) is 0 Å². The molecule has 0 fully saturated rings. The minimum Gasteiger partial charge on any atom is -0.325 e. The summed E-state index contributed by atoms with van der Waals surface area (Å²) in [5.41, 5.74) is -1.48. The molecule has 0 radical (unpaired) electrons. The van der Waals surface area contributed by atoms with Gasteiger partial charge in [0.1, 0.15) is 0 Å². The number of sulfonamides is 1. The van der Waals surface area contributed by atoms with E-state index in [-0.39, 0.29) is 22.2 Å². The van der Waals surface area contributed by atoms with Crippen molar-refractivity contribution in [2.45, 2.75) is 12.6 Å². The van der Waals surface area contributed by atoms with Crippen LogP contribution in [0.3, 0.4) is 0 Å². The van der Waals surface area contributed by atoms with E-state index in [4.69, 9.17) is 23.2 Å². The summed E-state index contributed by atoms with van der Waals surface area (Å²) in [5, 5.41) is 2.68. The maximum absolute atomic E-state index is 13.3. The van der Waals surface area contributed by atoms with Gasteiger partial charge < -0.3 is 5.32 Å². The Bertz CT molecular complexity index is 979. The van der Waals surface area contributed by atoms with Crippen molar-refractivity contribution in [1.29, 1.82) is 0 Å². The number of hydrogen-bond donors (Lipinski definition) is 2. The zero-order chi connectivity index (χ0) is 20.4. The molecular formula is C16H13Cl2F3N2O3S. The lowest BCUT2D eigenvalue weighted by atomic mass is 10.1. The average Bonchev–Trinajstić information content (AvgIpc) is 2.50. The Morgan fingerprint density at radius 2 is 1.74 bits per heavy atom. The van der Waals surface area contributed by atoms with Gasteiger partial charge in [0.15, 0.2) is 0 Å². The van der Waals surface area contributed by atoms with Gasteiger partial charge in [-0.3, -0.25) is 9.52 Å². The monoisotopic (exact) mass is 440 g/mol. The Balaban J connectivity index is 2.26. The van der Waals surface area contributed by atoms with E-state index in [1.54, 1.807) is 0 Å². The molecule has 0 saturated carbocycles. The minimum absolute atomic E-state index is 0.217. The van der Waals surface area contributed by atoms with Crippen molar-refractivity contribution in [2.24, 2.45) is 0 Å². The third kappa shape index (κ3) is 6.30. The summed E-state index contributed by atoms with van der Waals surface area (Å²) < 4.78 is 64.2. The van der Waals surface area contributed by atoms with Crippen molar-refractivity contribution in [1.82, 2.24) is 0 Å². The highest BCUT2D eigenvalue weighted by atomic mass is 35.5. The molecule has 5 nitrogen and oxygen atoms in total. The third-order valence-corrected chi connectivity index (χ3v) is 4.60. The van der Waals surface area contributed by atoms with Crippen molar-refractivity contribution in [3.8, 4) is 0 Å². The lowest BCUT2D eigenvalue weighted by Crippen LogP contribution is -2.19. The second kappa shape index (κ2) is 7.95. The van der Waals surface area contributed by atoms with Gasteiger partial charge in [0.25, 0.3) is 0 Å². The number of rotatable bonds is 5. The highest BCUT2D eigenvalue weighted by Crippen LogP contribution is 2.37. The second-order valence-electron chi connectivity index (χ2n) is 5.61. The molecular weight excluding hydrogens is 428 g/mol. The second-order valence-corrected chi connectivity index (χ2v) is 8.17. The van der Waals surface area contributed by atoms with Gasteiger partial charge in [-0.1, -0.05) is 29.3 Å². The molecule has 2 rings (SSSR count). The van der Waals surface area contributed by atoms with Crippen molar-refractivity contribution < 1.29 is 26.4 Å². The highest BCUT2D eigenvalue weighted by Gasteiger charge is 2.34. The first-order valence-corrected chi connectivity index (χ1v) is 9.93. The highest BCUT2D eigenvalue weighted by molar-refractivity contribution is 7.92. The molecule has 146 valence electrons. The van der Waals surface area contributed by atoms with Crippen LogP contribution in [0.15, 0.2) is 36.4 Å². The van der Waals surface area contributed by atoms with Crippen LogP contribution in [0.2, 0.25) is 10.0 Å². The fourth-order valence-electron chi connectivity index (χ4n) is 2.19. The molecule has 0 unspecified atom stereocenters. The molecule has 0 aromatic heterocycles. The molecule has 0 saturated heterocycles. The van der Waals surface area contributed by atoms with E-state index in [2.05, 4.69) is 5.32 Å². The fourth-order valence-corrected chi connectivity index (χ4v) is 3.07. The molecule has 27 heavy (non-hydrogen) atoms. The van der Waals surface area contributed by atoms with E-state index in [9.17, 15) is 26.4 Å². The summed E-state index contributed by atoms with van der Waals surface area (Å²) in [6, 6.07) is 7.13. The minimum atomic E-state index is -4.80. The zero-order valence-corrected chi connectivity index (χ0v) is 16.0. The maximum Gasteiger partial charge on any atom is 0.418 e. The van der Waals surface area contributed by atoms with Gasteiger partial charge >= 0.3 is 6.18 Å². The predicted molar refractivity (Wildman–Crippen MR) is 98.7 cm³/mol. The van der Waals surface area contributed by atoms with Crippen LogP contribution in [0.5, 0.6) is 0 Å². The van der Waals surface area contributed by atoms with Crippen LogP contribution in [-0.4, -0.2) is 20.6 Å². The standard InChI is InChI=1S/C16H13Cl2F3N2O3S/c1-27(25,26)23-10-3-5-14(11(8-10)16(19,20)21)22-15(24)7-9-2-4-12(17)13(18)6-9/h2-6,8,23H,7H2,1H3,(H,22,24). The summed E-state index contributed by atoms with van der Waals surface area (Å²) in [7, 11) is -3.75. The summed E-state index contributed by atoms with van der Waals surface area (Å²) in [6.45, 7) is 0. The molecule has 0 bridgehead atoms. The van der Waals surface area contributed by atoms with Crippen LogP contribution in [0, 0.1) is 0 Å². The molecule has 2 aromatic carbocycles. The van der Waals surface area contributed by atoms with E-state index < -0.39 is 33.4 Å². The molecule has 0 atom stereocenters. The summed E-state index contributed by atoms with van der Waals surface area (Å²) in [6.07, 6.45) is -4.22. The fraction of sp³-hybridized carbons (Fsp3) is 0.188. The summed E-state index contributed by atoms with van der Waals surface area (Å²) >= 11 is 11.6. The molecule has 0 aliphatic carbocycles. The Morgan fingerprint density at radius 3 is 2.30 bits per heavy atom. The van der Waals surface area contributed by atoms with E-state index in [0.29, 0.717) is 11.6 Å². The molecule has 0 aliphatic rings. The van der Waals surface area contributed by atoms with E-state index in [1.165, 1.54) is 18.2 Å². The Kier molecular flexibility index (Phi) is 6.28.